The lowest BCUT2D eigenvalue weighted by atomic mass is 9.90. The van der Waals surface area contributed by atoms with Crippen molar-refractivity contribution >= 4 is 12.0 Å². The van der Waals surface area contributed by atoms with Gasteiger partial charge in [-0.1, -0.05) is 13.8 Å². The van der Waals surface area contributed by atoms with E-state index in [-0.39, 0.29) is 16.9 Å². The molecule has 0 saturated heterocycles. The summed E-state index contributed by atoms with van der Waals surface area (Å²) in [5, 5.41) is 7.35. The molecule has 0 aliphatic heterocycles. The van der Waals surface area contributed by atoms with Crippen LogP contribution in [0.4, 0.5) is 10.2 Å². The van der Waals surface area contributed by atoms with E-state index in [1.165, 1.54) is 4.68 Å². The highest BCUT2D eigenvalue weighted by Crippen LogP contribution is 2.24. The normalized spacial score (nSPS) is 11.6. The van der Waals surface area contributed by atoms with Gasteiger partial charge in [0.15, 0.2) is 0 Å². The number of rotatable bonds is 5. The monoisotopic (exact) mass is 305 g/mol. The summed E-state index contributed by atoms with van der Waals surface area (Å²) >= 11 is 0. The number of hydrogen-bond donors (Lipinski definition) is 2. The van der Waals surface area contributed by atoms with E-state index >= 15 is 0 Å². The summed E-state index contributed by atoms with van der Waals surface area (Å²) < 4.78 is 16.2. The molecule has 0 atom stereocenters. The lowest BCUT2D eigenvalue weighted by molar-refractivity contribution is 0.344. The molecule has 2 aromatic rings. The summed E-state index contributed by atoms with van der Waals surface area (Å²) in [6.45, 7) is 5.19. The Kier molecular flexibility index (Phi) is 4.16. The van der Waals surface area contributed by atoms with Crippen molar-refractivity contribution in [3.8, 4) is 5.69 Å². The number of nitrogens with two attached hydrogens (primary N) is 1. The van der Waals surface area contributed by atoms with Gasteiger partial charge >= 0.3 is 0 Å². The first kappa shape index (κ1) is 15.9. The van der Waals surface area contributed by atoms with Crippen LogP contribution in [0, 0.1) is 5.41 Å². The van der Waals surface area contributed by atoms with Crippen LogP contribution in [0.5, 0.6) is 0 Å². The van der Waals surface area contributed by atoms with Gasteiger partial charge in [0.2, 0.25) is 0 Å². The highest BCUT2D eigenvalue weighted by molar-refractivity contribution is 5.83. The van der Waals surface area contributed by atoms with Crippen molar-refractivity contribution in [2.45, 2.75) is 32.7 Å². The van der Waals surface area contributed by atoms with Gasteiger partial charge in [-0.05, 0) is 19.1 Å². The van der Waals surface area contributed by atoms with Crippen molar-refractivity contribution in [3.05, 3.63) is 39.9 Å². The molecule has 7 heteroatoms. The van der Waals surface area contributed by atoms with Gasteiger partial charge in [-0.3, -0.25) is 14.2 Å². The SMILES string of the molecule is CCn1c(=O)c(C=N)c(N)n1-c1ccnc(C(C)(C)CF)c1. The number of anilines is 1. The molecule has 2 rings (SSSR count). The lowest BCUT2D eigenvalue weighted by Crippen LogP contribution is -2.24. The zero-order chi connectivity index (χ0) is 16.5. The molecule has 3 N–H and O–H groups in total. The number of hydrogen-bond acceptors (Lipinski definition) is 4. The molecule has 0 aliphatic rings. The topological polar surface area (TPSA) is 89.7 Å². The number of nitrogens with zero attached hydrogens (tertiary/aromatic N) is 3. The van der Waals surface area contributed by atoms with Gasteiger partial charge in [0.05, 0.1) is 11.4 Å². The largest absolute Gasteiger partial charge is 0.383 e. The number of alkyl halides is 1. The van der Waals surface area contributed by atoms with Gasteiger partial charge in [-0.2, -0.15) is 0 Å². The number of aromatic nitrogens is 3. The lowest BCUT2D eigenvalue weighted by Gasteiger charge is -2.21. The Morgan fingerprint density at radius 1 is 1.50 bits per heavy atom. The van der Waals surface area contributed by atoms with Crippen molar-refractivity contribution < 1.29 is 4.39 Å². The van der Waals surface area contributed by atoms with E-state index in [2.05, 4.69) is 4.98 Å². The maximum atomic E-state index is 13.2. The van der Waals surface area contributed by atoms with Crippen LogP contribution in [0.1, 0.15) is 32.0 Å². The molecule has 2 heterocycles. The number of nitrogens with one attached hydrogen (secondary N) is 1. The van der Waals surface area contributed by atoms with Crippen molar-refractivity contribution in [1.82, 2.24) is 14.3 Å². The maximum absolute atomic E-state index is 13.2. The van der Waals surface area contributed by atoms with Crippen LogP contribution in [0.2, 0.25) is 0 Å². The third-order valence-electron chi connectivity index (χ3n) is 3.67. The average molecular weight is 305 g/mol. The maximum Gasteiger partial charge on any atom is 0.278 e. The van der Waals surface area contributed by atoms with Crippen molar-refractivity contribution in [3.63, 3.8) is 0 Å². The van der Waals surface area contributed by atoms with E-state index in [1.807, 2.05) is 6.92 Å². The Bertz CT molecular complexity index is 760. The van der Waals surface area contributed by atoms with E-state index < -0.39 is 12.1 Å². The van der Waals surface area contributed by atoms with Gasteiger partial charge in [-0.25, -0.2) is 9.36 Å². The number of nitrogen functional groups attached to an aromatic ring is 1. The smallest absolute Gasteiger partial charge is 0.278 e. The molecular formula is C15H20FN5O. The molecule has 0 fully saturated rings. The molecule has 0 amide bonds. The van der Waals surface area contributed by atoms with Crippen molar-refractivity contribution in [2.24, 2.45) is 0 Å². The molecule has 0 unspecified atom stereocenters. The predicted molar refractivity (Wildman–Crippen MR) is 84.8 cm³/mol. The Morgan fingerprint density at radius 2 is 2.18 bits per heavy atom. The van der Waals surface area contributed by atoms with Crippen LogP contribution in [0.25, 0.3) is 5.69 Å². The van der Waals surface area contributed by atoms with Crippen LogP contribution < -0.4 is 11.3 Å². The predicted octanol–water partition coefficient (Wildman–Crippen LogP) is 1.88. The molecule has 2 aromatic heterocycles. The van der Waals surface area contributed by atoms with Gasteiger partial charge in [0, 0.05) is 24.4 Å². The summed E-state index contributed by atoms with van der Waals surface area (Å²) in [6.07, 6.45) is 2.52. The van der Waals surface area contributed by atoms with Crippen LogP contribution in [-0.2, 0) is 12.0 Å². The van der Waals surface area contributed by atoms with Crippen molar-refractivity contribution in [1.29, 1.82) is 5.41 Å². The van der Waals surface area contributed by atoms with E-state index in [4.69, 9.17) is 11.1 Å². The van der Waals surface area contributed by atoms with E-state index in [0.717, 1.165) is 6.21 Å². The van der Waals surface area contributed by atoms with E-state index in [1.54, 1.807) is 36.9 Å². The standard InChI is InChI=1S/C15H20FN5O/c1-4-20-14(22)11(8-17)13(18)21(20)10-5-6-19-12(7-10)15(2,3)9-16/h5-8,17H,4,9,18H2,1-3H3. The summed E-state index contributed by atoms with van der Waals surface area (Å²) in [7, 11) is 0. The minimum absolute atomic E-state index is 0.143. The molecule has 0 aromatic carbocycles. The molecule has 118 valence electrons. The highest BCUT2D eigenvalue weighted by Gasteiger charge is 2.24. The Balaban J connectivity index is 2.70. The molecular weight excluding hydrogens is 285 g/mol. The summed E-state index contributed by atoms with van der Waals surface area (Å²) in [4.78, 5) is 16.4. The Hall–Kier alpha value is -2.44. The van der Waals surface area contributed by atoms with Crippen LogP contribution >= 0.6 is 0 Å². The Labute approximate surface area is 127 Å². The third kappa shape index (κ3) is 2.43. The zero-order valence-corrected chi connectivity index (χ0v) is 12.9. The fourth-order valence-electron chi connectivity index (χ4n) is 2.27. The van der Waals surface area contributed by atoms with Gasteiger partial charge in [-0.15, -0.1) is 0 Å². The van der Waals surface area contributed by atoms with E-state index in [9.17, 15) is 9.18 Å². The first-order valence-corrected chi connectivity index (χ1v) is 7.02. The molecule has 0 bridgehead atoms. The number of halogens is 1. The van der Waals surface area contributed by atoms with Gasteiger partial charge < -0.3 is 11.1 Å². The molecule has 0 radical (unpaired) electrons. The van der Waals surface area contributed by atoms with Crippen LogP contribution in [0.15, 0.2) is 23.1 Å². The van der Waals surface area contributed by atoms with Gasteiger partial charge in [0.25, 0.3) is 5.56 Å². The summed E-state index contributed by atoms with van der Waals surface area (Å²) in [5.74, 6) is 0.192. The highest BCUT2D eigenvalue weighted by atomic mass is 19.1. The second-order valence-corrected chi connectivity index (χ2v) is 5.69. The Morgan fingerprint density at radius 3 is 2.73 bits per heavy atom. The third-order valence-corrected chi connectivity index (χ3v) is 3.67. The average Bonchev–Trinajstić information content (AvgIpc) is 2.77. The zero-order valence-electron chi connectivity index (χ0n) is 12.9. The molecule has 0 saturated carbocycles. The second kappa shape index (κ2) is 5.75. The second-order valence-electron chi connectivity index (χ2n) is 5.69. The fraction of sp³-hybridized carbons (Fsp3) is 0.400. The molecule has 6 nitrogen and oxygen atoms in total. The van der Waals surface area contributed by atoms with Crippen LogP contribution in [0.3, 0.4) is 0 Å². The molecule has 0 spiro atoms. The first-order chi connectivity index (χ1) is 10.4. The van der Waals surface area contributed by atoms with E-state index in [0.29, 0.717) is 17.9 Å². The molecule has 22 heavy (non-hydrogen) atoms. The number of pyridine rings is 1. The molecule has 0 aliphatic carbocycles. The fourth-order valence-corrected chi connectivity index (χ4v) is 2.27. The summed E-state index contributed by atoms with van der Waals surface area (Å²) in [6, 6.07) is 3.42. The summed E-state index contributed by atoms with van der Waals surface area (Å²) in [5.41, 5.74) is 6.31. The van der Waals surface area contributed by atoms with Gasteiger partial charge in [0.1, 0.15) is 18.1 Å². The quantitative estimate of drug-likeness (QED) is 0.826. The van der Waals surface area contributed by atoms with Crippen LogP contribution in [-0.4, -0.2) is 27.2 Å². The minimum atomic E-state index is -0.723. The van der Waals surface area contributed by atoms with Crippen molar-refractivity contribution in [2.75, 3.05) is 12.4 Å². The first-order valence-electron chi connectivity index (χ1n) is 7.02. The minimum Gasteiger partial charge on any atom is -0.383 e.